The first kappa shape index (κ1) is 9.18. The van der Waals surface area contributed by atoms with E-state index in [1.165, 1.54) is 0 Å². The van der Waals surface area contributed by atoms with E-state index in [1.807, 2.05) is 18.2 Å². The monoisotopic (exact) mass is 187 g/mol. The van der Waals surface area contributed by atoms with Gasteiger partial charge in [0.05, 0.1) is 0 Å². The van der Waals surface area contributed by atoms with Crippen LogP contribution in [0.3, 0.4) is 0 Å². The number of rotatable bonds is 4. The van der Waals surface area contributed by atoms with Crippen molar-refractivity contribution in [2.75, 3.05) is 6.73 Å². The number of para-hydroxylation sites is 1. The zero-order valence-corrected chi connectivity index (χ0v) is 7.08. The van der Waals surface area contributed by atoms with Gasteiger partial charge in [-0.05, 0) is 12.1 Å². The smallest absolute Gasteiger partial charge is 0.234 e. The zero-order valence-electron chi connectivity index (χ0n) is 6.27. The largest absolute Gasteiger partial charge is 0.477 e. The Morgan fingerprint density at radius 1 is 1.42 bits per heavy atom. The Balaban J connectivity index is 2.29. The minimum absolute atomic E-state index is 0.0210. The summed E-state index contributed by atoms with van der Waals surface area (Å²) in [4.78, 5) is 0. The fourth-order valence-corrected chi connectivity index (χ4v) is 0.840. The fraction of sp³-hybridized carbons (Fsp3) is 0.143. The molecule has 0 bridgehead atoms. The summed E-state index contributed by atoms with van der Waals surface area (Å²) in [5, 5.41) is 0. The number of ether oxygens (including phenoxy) is 1. The van der Waals surface area contributed by atoms with E-state index in [2.05, 4.69) is 4.72 Å². The van der Waals surface area contributed by atoms with Crippen molar-refractivity contribution in [1.29, 1.82) is 0 Å². The minimum atomic E-state index is -2.01. The van der Waals surface area contributed by atoms with Gasteiger partial charge in [-0.1, -0.05) is 18.2 Å². The molecule has 4 nitrogen and oxygen atoms in total. The Labute approximate surface area is 73.0 Å². The van der Waals surface area contributed by atoms with Crippen LogP contribution in [0.25, 0.3) is 0 Å². The van der Waals surface area contributed by atoms with Crippen molar-refractivity contribution in [2.24, 2.45) is 0 Å². The maximum absolute atomic E-state index is 10.1. The van der Waals surface area contributed by atoms with Gasteiger partial charge in [0, 0.05) is 0 Å². The van der Waals surface area contributed by atoms with Gasteiger partial charge in [-0.2, -0.15) is 4.72 Å². The first-order valence-electron chi connectivity index (χ1n) is 3.31. The minimum Gasteiger partial charge on any atom is -0.477 e. The molecule has 0 aliphatic carbocycles. The molecule has 1 aromatic carbocycles. The van der Waals surface area contributed by atoms with Crippen molar-refractivity contribution < 1.29 is 13.5 Å². The Hall–Kier alpha value is -0.910. The predicted octanol–water partition coefficient (Wildman–Crippen LogP) is 0.749. The SMILES string of the molecule is O=S(O)NCOc1ccccc1. The van der Waals surface area contributed by atoms with Crippen LogP contribution in [-0.2, 0) is 11.3 Å². The molecule has 0 amide bonds. The molecule has 0 spiro atoms. The Morgan fingerprint density at radius 2 is 2.08 bits per heavy atom. The first-order chi connectivity index (χ1) is 5.79. The summed E-state index contributed by atoms with van der Waals surface area (Å²) in [7, 11) is 0. The quantitative estimate of drug-likeness (QED) is 0.540. The van der Waals surface area contributed by atoms with Crippen LogP contribution >= 0.6 is 0 Å². The number of hydrogen-bond donors (Lipinski definition) is 2. The number of nitrogens with one attached hydrogen (secondary N) is 1. The van der Waals surface area contributed by atoms with E-state index in [0.717, 1.165) is 0 Å². The molecule has 2 N–H and O–H groups in total. The average molecular weight is 187 g/mol. The maximum atomic E-state index is 10.1. The van der Waals surface area contributed by atoms with Crippen molar-refractivity contribution in [1.82, 2.24) is 4.72 Å². The van der Waals surface area contributed by atoms with Gasteiger partial charge in [0.2, 0.25) is 11.3 Å². The lowest BCUT2D eigenvalue weighted by molar-refractivity contribution is 0.309. The maximum Gasteiger partial charge on any atom is 0.234 e. The highest BCUT2D eigenvalue weighted by molar-refractivity contribution is 7.77. The lowest BCUT2D eigenvalue weighted by atomic mass is 10.3. The van der Waals surface area contributed by atoms with Crippen LogP contribution in [0, 0.1) is 0 Å². The molecule has 0 aliphatic heterocycles. The molecule has 1 atom stereocenters. The van der Waals surface area contributed by atoms with Gasteiger partial charge in [-0.3, -0.25) is 4.55 Å². The molecule has 0 saturated heterocycles. The highest BCUT2D eigenvalue weighted by Crippen LogP contribution is 2.06. The lowest BCUT2D eigenvalue weighted by Crippen LogP contribution is -2.21. The second-order valence-electron chi connectivity index (χ2n) is 2.00. The van der Waals surface area contributed by atoms with Gasteiger partial charge >= 0.3 is 0 Å². The summed E-state index contributed by atoms with van der Waals surface area (Å²) < 4.78 is 25.7. The van der Waals surface area contributed by atoms with E-state index in [-0.39, 0.29) is 6.73 Å². The van der Waals surface area contributed by atoms with Gasteiger partial charge < -0.3 is 4.74 Å². The first-order valence-corrected chi connectivity index (χ1v) is 4.42. The van der Waals surface area contributed by atoms with Gasteiger partial charge in [-0.15, -0.1) is 0 Å². The van der Waals surface area contributed by atoms with E-state index < -0.39 is 11.3 Å². The molecular weight excluding hydrogens is 178 g/mol. The zero-order chi connectivity index (χ0) is 8.81. The second-order valence-corrected chi connectivity index (χ2v) is 2.78. The molecular formula is C7H9NO3S. The standard InChI is InChI=1S/C7H9NO3S/c9-12(10)8-6-11-7-4-2-1-3-5-7/h1-5,8H,6H2,(H,9,10). The summed E-state index contributed by atoms with van der Waals surface area (Å²) in [5.74, 6) is 0.662. The van der Waals surface area contributed by atoms with Crippen LogP contribution in [0.5, 0.6) is 5.75 Å². The normalized spacial score (nSPS) is 12.4. The van der Waals surface area contributed by atoms with E-state index >= 15 is 0 Å². The van der Waals surface area contributed by atoms with E-state index in [1.54, 1.807) is 12.1 Å². The van der Waals surface area contributed by atoms with E-state index in [9.17, 15) is 4.21 Å². The molecule has 0 aromatic heterocycles. The van der Waals surface area contributed by atoms with Gasteiger partial charge in [0.25, 0.3) is 0 Å². The Kier molecular flexibility index (Phi) is 3.72. The van der Waals surface area contributed by atoms with Crippen molar-refractivity contribution in [3.05, 3.63) is 30.3 Å². The summed E-state index contributed by atoms with van der Waals surface area (Å²) in [6.45, 7) is 0.0210. The van der Waals surface area contributed by atoms with Crippen molar-refractivity contribution >= 4 is 11.3 Å². The Morgan fingerprint density at radius 3 is 2.67 bits per heavy atom. The fourth-order valence-electron chi connectivity index (χ4n) is 0.680. The third kappa shape index (κ3) is 3.47. The molecule has 66 valence electrons. The van der Waals surface area contributed by atoms with Gasteiger partial charge in [0.1, 0.15) is 5.75 Å². The summed E-state index contributed by atoms with van der Waals surface area (Å²) >= 11 is -2.01. The van der Waals surface area contributed by atoms with Crippen LogP contribution in [-0.4, -0.2) is 15.5 Å². The van der Waals surface area contributed by atoms with Crippen LogP contribution < -0.4 is 9.46 Å². The molecule has 1 rings (SSSR count). The highest BCUT2D eigenvalue weighted by Gasteiger charge is 1.92. The summed E-state index contributed by atoms with van der Waals surface area (Å²) in [6.07, 6.45) is 0. The van der Waals surface area contributed by atoms with Crippen LogP contribution in [0.1, 0.15) is 0 Å². The average Bonchev–Trinajstić information content (AvgIpc) is 2.05. The third-order valence-electron chi connectivity index (χ3n) is 1.16. The summed E-state index contributed by atoms with van der Waals surface area (Å²) in [5.41, 5.74) is 0. The molecule has 0 saturated carbocycles. The van der Waals surface area contributed by atoms with Crippen molar-refractivity contribution in [3.63, 3.8) is 0 Å². The van der Waals surface area contributed by atoms with Crippen LogP contribution in [0.15, 0.2) is 30.3 Å². The van der Waals surface area contributed by atoms with E-state index in [4.69, 9.17) is 9.29 Å². The number of hydrogen-bond acceptors (Lipinski definition) is 2. The molecule has 5 heteroatoms. The lowest BCUT2D eigenvalue weighted by Gasteiger charge is -2.03. The van der Waals surface area contributed by atoms with Crippen molar-refractivity contribution in [2.45, 2.75) is 0 Å². The third-order valence-corrected chi connectivity index (χ3v) is 1.53. The second kappa shape index (κ2) is 4.87. The molecule has 12 heavy (non-hydrogen) atoms. The molecule has 0 fully saturated rings. The van der Waals surface area contributed by atoms with E-state index in [0.29, 0.717) is 5.75 Å². The van der Waals surface area contributed by atoms with Gasteiger partial charge in [-0.25, -0.2) is 4.21 Å². The van der Waals surface area contributed by atoms with Crippen molar-refractivity contribution in [3.8, 4) is 5.75 Å². The highest BCUT2D eigenvalue weighted by atomic mass is 32.2. The van der Waals surface area contributed by atoms with Crippen LogP contribution in [0.2, 0.25) is 0 Å². The number of benzene rings is 1. The summed E-state index contributed by atoms with van der Waals surface area (Å²) in [6, 6.07) is 9.05. The molecule has 0 radical (unpaired) electrons. The van der Waals surface area contributed by atoms with Crippen LogP contribution in [0.4, 0.5) is 0 Å². The molecule has 1 unspecified atom stereocenters. The predicted molar refractivity (Wildman–Crippen MR) is 45.8 cm³/mol. The Bertz CT molecular complexity index is 252. The molecule has 0 heterocycles. The molecule has 1 aromatic rings. The van der Waals surface area contributed by atoms with Gasteiger partial charge in [0.15, 0.2) is 6.73 Å². The topological polar surface area (TPSA) is 58.6 Å². The molecule has 0 aliphatic rings.